The van der Waals surface area contributed by atoms with Crippen LogP contribution in [0.25, 0.3) is 21.9 Å². The third kappa shape index (κ3) is 3.48. The Morgan fingerprint density at radius 2 is 1.89 bits per heavy atom. The first kappa shape index (κ1) is 17.1. The highest BCUT2D eigenvalue weighted by molar-refractivity contribution is 6.06. The summed E-state index contributed by atoms with van der Waals surface area (Å²) in [6, 6.07) is 14.8. The molecule has 0 saturated heterocycles. The van der Waals surface area contributed by atoms with Crippen LogP contribution in [0.2, 0.25) is 0 Å². The Morgan fingerprint density at radius 3 is 2.70 bits per heavy atom. The smallest absolute Gasteiger partial charge is 0.152 e. The van der Waals surface area contributed by atoms with Crippen LogP contribution in [0, 0.1) is 0 Å². The lowest BCUT2D eigenvalue weighted by Crippen LogP contribution is -2.09. The van der Waals surface area contributed by atoms with Gasteiger partial charge in [-0.05, 0) is 30.3 Å². The van der Waals surface area contributed by atoms with E-state index in [-0.39, 0.29) is 0 Å². The molecule has 0 aliphatic heterocycles. The normalized spacial score (nSPS) is 11.1. The molecule has 2 heterocycles. The minimum Gasteiger partial charge on any atom is -0.491 e. The van der Waals surface area contributed by atoms with E-state index in [9.17, 15) is 0 Å². The van der Waals surface area contributed by atoms with E-state index in [2.05, 4.69) is 15.4 Å². The van der Waals surface area contributed by atoms with Crippen molar-refractivity contribution >= 4 is 33.4 Å². The fourth-order valence-electron chi connectivity index (χ4n) is 2.91. The van der Waals surface area contributed by atoms with Gasteiger partial charge in [0.05, 0.1) is 29.7 Å². The minimum atomic E-state index is 0.334. The highest BCUT2D eigenvalue weighted by Gasteiger charge is 2.11. The van der Waals surface area contributed by atoms with Crippen LogP contribution in [0.4, 0.5) is 11.5 Å². The van der Waals surface area contributed by atoms with Crippen molar-refractivity contribution in [1.82, 2.24) is 14.5 Å². The Balaban J connectivity index is 1.40. The molecule has 8 nitrogen and oxygen atoms in total. The number of rotatable bonds is 7. The van der Waals surface area contributed by atoms with Crippen LogP contribution >= 0.6 is 0 Å². The Kier molecular flexibility index (Phi) is 4.73. The van der Waals surface area contributed by atoms with Crippen molar-refractivity contribution in [1.29, 1.82) is 0 Å². The third-order valence-electron chi connectivity index (χ3n) is 4.19. The summed E-state index contributed by atoms with van der Waals surface area (Å²) in [5.41, 5.74) is 11.1. The number of hydrogen-bond acceptors (Lipinski definition) is 7. The molecule has 4 N–H and O–H groups in total. The van der Waals surface area contributed by atoms with E-state index in [0.717, 1.165) is 16.4 Å². The van der Waals surface area contributed by atoms with Crippen LogP contribution in [0.5, 0.6) is 5.75 Å². The van der Waals surface area contributed by atoms with Crippen LogP contribution in [0.3, 0.4) is 0 Å². The van der Waals surface area contributed by atoms with E-state index in [4.69, 9.17) is 20.4 Å². The Labute approximate surface area is 155 Å². The van der Waals surface area contributed by atoms with Crippen molar-refractivity contribution in [3.8, 4) is 5.75 Å². The summed E-state index contributed by atoms with van der Waals surface area (Å²) >= 11 is 0. The van der Waals surface area contributed by atoms with Gasteiger partial charge in [-0.3, -0.25) is 10.7 Å². The van der Waals surface area contributed by atoms with Crippen LogP contribution < -0.4 is 16.0 Å². The molecule has 0 amide bonds. The van der Waals surface area contributed by atoms with Gasteiger partial charge in [0.1, 0.15) is 24.6 Å². The lowest BCUT2D eigenvalue weighted by molar-refractivity contribution is 0.0560. The molecule has 0 aliphatic carbocycles. The van der Waals surface area contributed by atoms with Gasteiger partial charge >= 0.3 is 0 Å². The van der Waals surface area contributed by atoms with Gasteiger partial charge in [0.2, 0.25) is 0 Å². The van der Waals surface area contributed by atoms with E-state index < -0.39 is 0 Å². The van der Waals surface area contributed by atoms with Crippen molar-refractivity contribution in [2.75, 3.05) is 24.4 Å². The van der Waals surface area contributed by atoms with Gasteiger partial charge in [-0.25, -0.2) is 9.97 Å². The quantitative estimate of drug-likeness (QED) is 0.341. The van der Waals surface area contributed by atoms with Gasteiger partial charge in [0, 0.05) is 5.39 Å². The monoisotopic (exact) mass is 365 g/mol. The maximum Gasteiger partial charge on any atom is 0.152 e. The van der Waals surface area contributed by atoms with Gasteiger partial charge in [-0.2, -0.15) is 0 Å². The van der Waals surface area contributed by atoms with Gasteiger partial charge in [0.15, 0.2) is 5.82 Å². The van der Waals surface area contributed by atoms with Gasteiger partial charge in [-0.15, -0.1) is 0 Å². The zero-order valence-electron chi connectivity index (χ0n) is 14.5. The number of ether oxygens (including phenoxy) is 2. The Hall–Kier alpha value is -3.36. The molecule has 0 aliphatic rings. The SMILES string of the molecule is Nc1nc2ccccc2c2c1ncn2COCCOc1ccc(NO)cc1. The number of nitrogen functional groups attached to an aromatic ring is 1. The first-order chi connectivity index (χ1) is 13.3. The number of fused-ring (bicyclic) bond motifs is 3. The molecule has 0 spiro atoms. The standard InChI is InChI=1S/C19H19N5O3/c20-19-17-18(15-3-1-2-4-16(15)22-19)24(11-21-17)12-26-9-10-27-14-7-5-13(23-25)6-8-14/h1-8,11,23,25H,9-10,12H2,(H2,20,22). The number of aromatic nitrogens is 3. The molecular weight excluding hydrogens is 346 g/mol. The molecule has 0 unspecified atom stereocenters. The van der Waals surface area contributed by atoms with Crippen LogP contribution in [0.15, 0.2) is 54.9 Å². The molecule has 2 aromatic heterocycles. The van der Waals surface area contributed by atoms with E-state index in [1.165, 1.54) is 0 Å². The highest BCUT2D eigenvalue weighted by Crippen LogP contribution is 2.26. The number of hydrogen-bond donors (Lipinski definition) is 3. The van der Waals surface area contributed by atoms with Crippen molar-refractivity contribution < 1.29 is 14.7 Å². The second kappa shape index (κ2) is 7.48. The number of anilines is 2. The predicted molar refractivity (Wildman–Crippen MR) is 103 cm³/mol. The number of nitrogens with one attached hydrogen (secondary N) is 1. The number of imidazole rings is 1. The molecule has 2 aromatic carbocycles. The van der Waals surface area contributed by atoms with E-state index in [1.807, 2.05) is 28.8 Å². The number of nitrogens with zero attached hydrogens (tertiary/aromatic N) is 3. The Bertz CT molecular complexity index is 1060. The second-order valence-corrected chi connectivity index (χ2v) is 5.95. The Morgan fingerprint density at radius 1 is 1.07 bits per heavy atom. The van der Waals surface area contributed by atoms with Crippen molar-refractivity contribution in [3.05, 3.63) is 54.9 Å². The summed E-state index contributed by atoms with van der Waals surface area (Å²) in [7, 11) is 0. The molecule has 0 fully saturated rings. The molecule has 0 radical (unpaired) electrons. The lowest BCUT2D eigenvalue weighted by atomic mass is 10.2. The highest BCUT2D eigenvalue weighted by atomic mass is 16.5. The first-order valence-corrected chi connectivity index (χ1v) is 8.46. The fourth-order valence-corrected chi connectivity index (χ4v) is 2.91. The molecule has 0 bridgehead atoms. The average Bonchev–Trinajstić information content (AvgIpc) is 3.13. The van der Waals surface area contributed by atoms with E-state index in [0.29, 0.717) is 42.7 Å². The average molecular weight is 365 g/mol. The molecular formula is C19H19N5O3. The maximum absolute atomic E-state index is 8.79. The van der Waals surface area contributed by atoms with Crippen molar-refractivity contribution in [3.63, 3.8) is 0 Å². The largest absolute Gasteiger partial charge is 0.491 e. The number of nitrogens with two attached hydrogens (primary N) is 1. The number of para-hydroxylation sites is 1. The summed E-state index contributed by atoms with van der Waals surface area (Å²) < 4.78 is 13.3. The summed E-state index contributed by atoms with van der Waals surface area (Å²) in [4.78, 5) is 8.76. The summed E-state index contributed by atoms with van der Waals surface area (Å²) in [5.74, 6) is 1.11. The molecule has 0 atom stereocenters. The van der Waals surface area contributed by atoms with Crippen LogP contribution in [-0.2, 0) is 11.5 Å². The lowest BCUT2D eigenvalue weighted by Gasteiger charge is -2.10. The minimum absolute atomic E-state index is 0.334. The molecule has 0 saturated carbocycles. The summed E-state index contributed by atoms with van der Waals surface area (Å²) in [5, 5.41) is 9.78. The molecule has 8 heteroatoms. The van der Waals surface area contributed by atoms with Gasteiger partial charge in [0.25, 0.3) is 0 Å². The molecule has 138 valence electrons. The zero-order chi connectivity index (χ0) is 18.6. The van der Waals surface area contributed by atoms with E-state index >= 15 is 0 Å². The van der Waals surface area contributed by atoms with Crippen molar-refractivity contribution in [2.24, 2.45) is 0 Å². The predicted octanol–water partition coefficient (Wildman–Crippen LogP) is 3.02. The summed E-state index contributed by atoms with van der Waals surface area (Å²) in [6.07, 6.45) is 1.70. The molecule has 27 heavy (non-hydrogen) atoms. The van der Waals surface area contributed by atoms with E-state index in [1.54, 1.807) is 30.6 Å². The zero-order valence-corrected chi connectivity index (χ0v) is 14.5. The third-order valence-corrected chi connectivity index (χ3v) is 4.19. The fraction of sp³-hybridized carbons (Fsp3) is 0.158. The van der Waals surface area contributed by atoms with Gasteiger partial charge < -0.3 is 19.8 Å². The topological polar surface area (TPSA) is 107 Å². The van der Waals surface area contributed by atoms with Crippen LogP contribution in [0.1, 0.15) is 0 Å². The number of benzene rings is 2. The first-order valence-electron chi connectivity index (χ1n) is 8.46. The maximum atomic E-state index is 8.79. The second-order valence-electron chi connectivity index (χ2n) is 5.95. The van der Waals surface area contributed by atoms with Crippen molar-refractivity contribution in [2.45, 2.75) is 6.73 Å². The van der Waals surface area contributed by atoms with Gasteiger partial charge in [-0.1, -0.05) is 18.2 Å². The molecule has 4 rings (SSSR count). The summed E-state index contributed by atoms with van der Waals surface area (Å²) in [6.45, 7) is 1.15. The number of pyridine rings is 1. The van der Waals surface area contributed by atoms with Crippen LogP contribution in [-0.4, -0.2) is 33.0 Å². The molecule has 4 aromatic rings.